The number of nitrogens with one attached hydrogen (secondary N) is 1. The summed E-state index contributed by atoms with van der Waals surface area (Å²) in [6.45, 7) is -0.0735. The van der Waals surface area contributed by atoms with Crippen LogP contribution in [-0.2, 0) is 11.0 Å². The van der Waals surface area contributed by atoms with Gasteiger partial charge in [-0.25, -0.2) is 0 Å². The van der Waals surface area contributed by atoms with Crippen LogP contribution in [0, 0.1) is 5.92 Å². The van der Waals surface area contributed by atoms with Crippen molar-refractivity contribution in [1.29, 1.82) is 0 Å². The van der Waals surface area contributed by atoms with E-state index in [0.717, 1.165) is 25.0 Å². The molecule has 1 aromatic carbocycles. The first kappa shape index (κ1) is 18.3. The molecule has 7 heteroatoms. The minimum Gasteiger partial charge on any atom is -0.491 e. The zero-order valence-electron chi connectivity index (χ0n) is 13.1. The highest BCUT2D eigenvalue weighted by molar-refractivity contribution is 5.78. The van der Waals surface area contributed by atoms with Crippen LogP contribution in [0.25, 0.3) is 0 Å². The van der Waals surface area contributed by atoms with E-state index in [4.69, 9.17) is 4.74 Å². The summed E-state index contributed by atoms with van der Waals surface area (Å²) in [5.41, 5.74) is -0.760. The number of allylic oxidation sites excluding steroid dienone is 2. The summed E-state index contributed by atoms with van der Waals surface area (Å²) in [5, 5.41) is 12.5. The van der Waals surface area contributed by atoms with Crippen LogP contribution in [0.1, 0.15) is 24.8 Å². The van der Waals surface area contributed by atoms with Gasteiger partial charge >= 0.3 is 6.18 Å². The number of amides is 1. The summed E-state index contributed by atoms with van der Waals surface area (Å²) in [5.74, 6) is 0.0526. The average molecular weight is 343 g/mol. The zero-order valence-corrected chi connectivity index (χ0v) is 13.1. The van der Waals surface area contributed by atoms with Gasteiger partial charge in [0.1, 0.15) is 18.5 Å². The van der Waals surface area contributed by atoms with E-state index in [1.54, 1.807) is 0 Å². The van der Waals surface area contributed by atoms with Crippen LogP contribution in [0.15, 0.2) is 36.4 Å². The minimum atomic E-state index is -4.39. The van der Waals surface area contributed by atoms with E-state index < -0.39 is 17.8 Å². The second-order valence-corrected chi connectivity index (χ2v) is 5.71. The Kier molecular flexibility index (Phi) is 6.25. The fraction of sp³-hybridized carbons (Fsp3) is 0.471. The normalized spacial score (nSPS) is 18.9. The van der Waals surface area contributed by atoms with Gasteiger partial charge in [0.25, 0.3) is 0 Å². The lowest BCUT2D eigenvalue weighted by Gasteiger charge is -2.19. The van der Waals surface area contributed by atoms with Crippen LogP contribution in [0.2, 0.25) is 0 Å². The molecule has 0 aliphatic heterocycles. The van der Waals surface area contributed by atoms with Crippen molar-refractivity contribution in [3.8, 4) is 5.75 Å². The lowest BCUT2D eigenvalue weighted by atomic mass is 9.94. The molecule has 2 unspecified atom stereocenters. The third-order valence-corrected chi connectivity index (χ3v) is 3.78. The van der Waals surface area contributed by atoms with Crippen LogP contribution < -0.4 is 10.1 Å². The van der Waals surface area contributed by atoms with Crippen LogP contribution in [-0.4, -0.2) is 30.3 Å². The van der Waals surface area contributed by atoms with Gasteiger partial charge in [-0.2, -0.15) is 13.2 Å². The van der Waals surface area contributed by atoms with E-state index in [-0.39, 0.29) is 30.7 Å². The molecule has 0 heterocycles. The fourth-order valence-corrected chi connectivity index (χ4v) is 2.39. The quantitative estimate of drug-likeness (QED) is 0.781. The number of ether oxygens (including phenoxy) is 1. The number of hydrogen-bond acceptors (Lipinski definition) is 3. The molecule has 24 heavy (non-hydrogen) atoms. The SMILES string of the molecule is O=C(NCC(O)COc1ccc(C(F)(F)F)cc1)C1CC=CCC1. The van der Waals surface area contributed by atoms with E-state index in [0.29, 0.717) is 6.42 Å². The first-order chi connectivity index (χ1) is 11.4. The number of halogens is 3. The van der Waals surface area contributed by atoms with Gasteiger partial charge in [0.2, 0.25) is 5.91 Å². The molecule has 0 spiro atoms. The molecule has 1 aliphatic rings. The molecule has 2 N–H and O–H groups in total. The van der Waals surface area contributed by atoms with Gasteiger partial charge in [0.15, 0.2) is 0 Å². The van der Waals surface area contributed by atoms with Crippen molar-refractivity contribution in [1.82, 2.24) is 5.32 Å². The topological polar surface area (TPSA) is 58.6 Å². The van der Waals surface area contributed by atoms with E-state index in [1.165, 1.54) is 12.1 Å². The molecule has 0 fully saturated rings. The maximum absolute atomic E-state index is 12.4. The third kappa shape index (κ3) is 5.56. The Morgan fingerprint density at radius 1 is 1.29 bits per heavy atom. The molecule has 1 aromatic rings. The maximum Gasteiger partial charge on any atom is 0.416 e. The molecule has 4 nitrogen and oxygen atoms in total. The van der Waals surface area contributed by atoms with Crippen LogP contribution in [0.3, 0.4) is 0 Å². The predicted octanol–water partition coefficient (Wildman–Crippen LogP) is 2.92. The van der Waals surface area contributed by atoms with Crippen molar-refractivity contribution in [3.63, 3.8) is 0 Å². The highest BCUT2D eigenvalue weighted by Gasteiger charge is 2.30. The highest BCUT2D eigenvalue weighted by Crippen LogP contribution is 2.30. The number of hydrogen-bond donors (Lipinski definition) is 2. The van der Waals surface area contributed by atoms with Crippen molar-refractivity contribution < 1.29 is 27.8 Å². The molecule has 0 bridgehead atoms. The Labute approximate surface area is 138 Å². The number of aliphatic hydroxyl groups is 1. The standard InChI is InChI=1S/C17H20F3NO3/c18-17(19,20)13-6-8-15(9-7-13)24-11-14(22)10-21-16(23)12-4-2-1-3-5-12/h1-2,6-9,12,14,22H,3-5,10-11H2,(H,21,23). The maximum atomic E-state index is 12.4. The van der Waals surface area contributed by atoms with Crippen molar-refractivity contribution >= 4 is 5.91 Å². The number of rotatable bonds is 6. The minimum absolute atomic E-state index is 0.0414. The van der Waals surface area contributed by atoms with E-state index in [9.17, 15) is 23.1 Å². The number of carbonyl (C=O) groups excluding carboxylic acids is 1. The van der Waals surface area contributed by atoms with Gasteiger partial charge in [-0.3, -0.25) is 4.79 Å². The van der Waals surface area contributed by atoms with Gasteiger partial charge < -0.3 is 15.2 Å². The first-order valence-corrected chi connectivity index (χ1v) is 7.77. The second-order valence-electron chi connectivity index (χ2n) is 5.71. The van der Waals surface area contributed by atoms with Gasteiger partial charge in [-0.05, 0) is 43.5 Å². The summed E-state index contributed by atoms with van der Waals surface area (Å²) in [4.78, 5) is 11.9. The van der Waals surface area contributed by atoms with E-state index >= 15 is 0 Å². The highest BCUT2D eigenvalue weighted by atomic mass is 19.4. The van der Waals surface area contributed by atoms with Crippen molar-refractivity contribution in [2.75, 3.05) is 13.2 Å². The number of alkyl halides is 3. The first-order valence-electron chi connectivity index (χ1n) is 7.77. The molecule has 1 amide bonds. The predicted molar refractivity (Wildman–Crippen MR) is 82.4 cm³/mol. The Bertz CT molecular complexity index is 569. The smallest absolute Gasteiger partial charge is 0.416 e. The molecule has 2 rings (SSSR count). The zero-order chi connectivity index (χ0) is 17.6. The Morgan fingerprint density at radius 2 is 2.00 bits per heavy atom. The van der Waals surface area contributed by atoms with Crippen molar-refractivity contribution in [2.24, 2.45) is 5.92 Å². The monoisotopic (exact) mass is 343 g/mol. The second kappa shape index (κ2) is 8.19. The summed E-state index contributed by atoms with van der Waals surface area (Å²) >= 11 is 0. The average Bonchev–Trinajstić information content (AvgIpc) is 2.58. The third-order valence-electron chi connectivity index (χ3n) is 3.78. The van der Waals surface area contributed by atoms with Crippen LogP contribution >= 0.6 is 0 Å². The fourth-order valence-electron chi connectivity index (χ4n) is 2.39. The lowest BCUT2D eigenvalue weighted by Crippen LogP contribution is -2.38. The van der Waals surface area contributed by atoms with Gasteiger partial charge in [0.05, 0.1) is 5.56 Å². The molecule has 0 saturated heterocycles. The Morgan fingerprint density at radius 3 is 2.58 bits per heavy atom. The summed E-state index contributed by atoms with van der Waals surface area (Å²) in [6, 6.07) is 4.23. The Balaban J connectivity index is 1.71. The molecule has 2 atom stereocenters. The van der Waals surface area contributed by atoms with Gasteiger partial charge in [-0.15, -0.1) is 0 Å². The largest absolute Gasteiger partial charge is 0.491 e. The Hall–Kier alpha value is -2.02. The van der Waals surface area contributed by atoms with Gasteiger partial charge in [-0.1, -0.05) is 12.2 Å². The molecule has 0 radical (unpaired) electrons. The molecule has 0 aromatic heterocycles. The molecular formula is C17H20F3NO3. The summed E-state index contributed by atoms with van der Waals surface area (Å²) in [6.07, 6.45) is 1.04. The number of aliphatic hydroxyl groups excluding tert-OH is 1. The summed E-state index contributed by atoms with van der Waals surface area (Å²) < 4.78 is 42.5. The van der Waals surface area contributed by atoms with E-state index in [2.05, 4.69) is 5.32 Å². The lowest BCUT2D eigenvalue weighted by molar-refractivity contribution is -0.137. The van der Waals surface area contributed by atoms with E-state index in [1.807, 2.05) is 12.2 Å². The van der Waals surface area contributed by atoms with Crippen molar-refractivity contribution in [3.05, 3.63) is 42.0 Å². The van der Waals surface area contributed by atoms with Crippen LogP contribution in [0.4, 0.5) is 13.2 Å². The molecule has 132 valence electrons. The molecular weight excluding hydrogens is 323 g/mol. The van der Waals surface area contributed by atoms with Gasteiger partial charge in [0, 0.05) is 12.5 Å². The molecule has 1 aliphatic carbocycles. The van der Waals surface area contributed by atoms with Crippen LogP contribution in [0.5, 0.6) is 5.75 Å². The number of benzene rings is 1. The summed E-state index contributed by atoms with van der Waals surface area (Å²) in [7, 11) is 0. The number of carbonyl (C=O) groups is 1. The molecule has 0 saturated carbocycles. The van der Waals surface area contributed by atoms with Crippen molar-refractivity contribution in [2.45, 2.75) is 31.5 Å².